The number of fused-ring (bicyclic) bond motifs is 1. The van der Waals surface area contributed by atoms with Crippen molar-refractivity contribution in [1.29, 1.82) is 0 Å². The molecule has 0 heterocycles. The van der Waals surface area contributed by atoms with Gasteiger partial charge in [-0.15, -0.1) is 0 Å². The van der Waals surface area contributed by atoms with Crippen molar-refractivity contribution in [3.8, 4) is 0 Å². The molecule has 1 unspecified atom stereocenters. The Hall–Kier alpha value is -1.75. The van der Waals surface area contributed by atoms with Crippen molar-refractivity contribution in [3.63, 3.8) is 0 Å². The zero-order valence-electron chi connectivity index (χ0n) is 8.11. The van der Waals surface area contributed by atoms with Gasteiger partial charge in [-0.25, -0.2) is 0 Å². The van der Waals surface area contributed by atoms with Gasteiger partial charge in [0.05, 0.1) is 4.91 Å². The predicted molar refractivity (Wildman–Crippen MR) is 58.1 cm³/mol. The second-order valence-electron chi connectivity index (χ2n) is 3.43. The molecule has 82 valence electrons. The normalized spacial score (nSPS) is 23.3. The van der Waals surface area contributed by atoms with Crippen LogP contribution in [0.2, 0.25) is 0 Å². The van der Waals surface area contributed by atoms with Crippen molar-refractivity contribution in [2.75, 3.05) is 0 Å². The number of allylic oxidation sites excluding steroid dienone is 7. The third-order valence-corrected chi connectivity index (χ3v) is 3.24. The second-order valence-corrected chi connectivity index (χ2v) is 4.85. The molecule has 2 aliphatic carbocycles. The fraction of sp³-hybridized carbons (Fsp3) is 0.100. The molecular weight excluding hydrogens is 228 g/mol. The van der Waals surface area contributed by atoms with E-state index in [1.807, 2.05) is 0 Å². The minimum atomic E-state index is -4.16. The average molecular weight is 236 g/mol. The van der Waals surface area contributed by atoms with Crippen molar-refractivity contribution in [1.82, 2.24) is 0 Å². The van der Waals surface area contributed by atoms with Crippen LogP contribution in [0.25, 0.3) is 5.53 Å². The molecule has 0 saturated carbocycles. The highest BCUT2D eigenvalue weighted by molar-refractivity contribution is 7.90. The van der Waals surface area contributed by atoms with Gasteiger partial charge in [0.15, 0.2) is 0 Å². The fourth-order valence-corrected chi connectivity index (χ4v) is 2.14. The Morgan fingerprint density at radius 2 is 2.06 bits per heavy atom. The van der Waals surface area contributed by atoms with Gasteiger partial charge < -0.3 is 5.53 Å². The minimum absolute atomic E-state index is 0.122. The lowest BCUT2D eigenvalue weighted by Gasteiger charge is -2.16. The van der Waals surface area contributed by atoms with Gasteiger partial charge in [0.2, 0.25) is 0 Å². The number of nitrogens with zero attached hydrogens (tertiary/aromatic N) is 2. The highest BCUT2D eigenvalue weighted by Crippen LogP contribution is 2.27. The van der Waals surface area contributed by atoms with Gasteiger partial charge in [0.25, 0.3) is 10.1 Å². The largest absolute Gasteiger partial charge is 0.361 e. The van der Waals surface area contributed by atoms with Gasteiger partial charge in [0.1, 0.15) is 0 Å². The standard InChI is InChI=1S/C10H8N2O3S/c11-12-9-3-1-8-6-10(16(13,14)15)4-2-7(8)5-9/h1-6,8H,(H,13,14,15). The van der Waals surface area contributed by atoms with Crippen LogP contribution in [0.4, 0.5) is 0 Å². The Balaban J connectivity index is 2.43. The smallest absolute Gasteiger partial charge is 0.315 e. The number of hydrogen-bond acceptors (Lipinski definition) is 2. The van der Waals surface area contributed by atoms with E-state index in [1.165, 1.54) is 12.2 Å². The van der Waals surface area contributed by atoms with Crippen molar-refractivity contribution in [2.45, 2.75) is 0 Å². The summed E-state index contributed by atoms with van der Waals surface area (Å²) in [4.78, 5) is 2.92. The highest BCUT2D eigenvalue weighted by atomic mass is 32.2. The quantitative estimate of drug-likeness (QED) is 0.420. The summed E-state index contributed by atoms with van der Waals surface area (Å²) < 4.78 is 30.7. The van der Waals surface area contributed by atoms with Gasteiger partial charge >= 0.3 is 5.71 Å². The van der Waals surface area contributed by atoms with Crippen LogP contribution in [-0.2, 0) is 10.1 Å². The molecule has 2 rings (SSSR count). The first kappa shape index (κ1) is 10.8. The molecule has 6 heteroatoms. The Labute approximate surface area is 92.5 Å². The molecule has 0 fully saturated rings. The monoisotopic (exact) mass is 236 g/mol. The van der Waals surface area contributed by atoms with Gasteiger partial charge in [-0.05, 0) is 11.6 Å². The van der Waals surface area contributed by atoms with Crippen LogP contribution in [0.15, 0.2) is 46.9 Å². The summed E-state index contributed by atoms with van der Waals surface area (Å²) in [7, 11) is -4.16. The SMILES string of the molecule is [N-]=[N+]=C1C=CC2C=C(S(=O)(=O)O)C=CC2=C1. The zero-order valence-corrected chi connectivity index (χ0v) is 8.92. The Kier molecular flexibility index (Phi) is 2.47. The molecule has 0 aromatic heterocycles. The molecule has 16 heavy (non-hydrogen) atoms. The summed E-state index contributed by atoms with van der Waals surface area (Å²) in [5.74, 6) is -0.215. The van der Waals surface area contributed by atoms with E-state index < -0.39 is 10.1 Å². The van der Waals surface area contributed by atoms with Crippen LogP contribution >= 0.6 is 0 Å². The maximum atomic E-state index is 10.9. The zero-order chi connectivity index (χ0) is 11.8. The van der Waals surface area contributed by atoms with Crippen molar-refractivity contribution >= 4 is 15.8 Å². The topological polar surface area (TPSA) is 90.8 Å². The first-order chi connectivity index (χ1) is 7.50. The van der Waals surface area contributed by atoms with Crippen LogP contribution in [0.5, 0.6) is 0 Å². The summed E-state index contributed by atoms with van der Waals surface area (Å²) in [6.07, 6.45) is 9.23. The van der Waals surface area contributed by atoms with E-state index in [4.69, 9.17) is 10.1 Å². The molecule has 1 atom stereocenters. The lowest BCUT2D eigenvalue weighted by molar-refractivity contribution is -0.00170. The fourth-order valence-electron chi connectivity index (χ4n) is 1.58. The van der Waals surface area contributed by atoms with E-state index in [0.717, 1.165) is 5.57 Å². The average Bonchev–Trinajstić information content (AvgIpc) is 2.26. The molecule has 1 N–H and O–H groups in total. The Bertz CT molecular complexity index is 602. The summed E-state index contributed by atoms with van der Waals surface area (Å²) in [5.41, 5.74) is 9.79. The molecule has 0 aliphatic heterocycles. The Morgan fingerprint density at radius 3 is 2.69 bits per heavy atom. The lowest BCUT2D eigenvalue weighted by atomic mass is 9.89. The van der Waals surface area contributed by atoms with E-state index in [2.05, 4.69) is 4.79 Å². The minimum Gasteiger partial charge on any atom is -0.361 e. The summed E-state index contributed by atoms with van der Waals surface area (Å²) in [5, 5.41) is 0. The van der Waals surface area contributed by atoms with Gasteiger partial charge in [-0.1, -0.05) is 18.2 Å². The molecule has 0 bridgehead atoms. The van der Waals surface area contributed by atoms with Crippen LogP contribution in [0, 0.1) is 5.92 Å². The number of rotatable bonds is 1. The number of hydrogen-bond donors (Lipinski definition) is 1. The van der Waals surface area contributed by atoms with Crippen LogP contribution in [-0.4, -0.2) is 23.5 Å². The maximum absolute atomic E-state index is 10.9. The van der Waals surface area contributed by atoms with E-state index in [-0.39, 0.29) is 10.8 Å². The van der Waals surface area contributed by atoms with Gasteiger partial charge in [-0.3, -0.25) is 4.55 Å². The molecule has 0 radical (unpaired) electrons. The summed E-state index contributed by atoms with van der Waals surface area (Å²) >= 11 is 0. The van der Waals surface area contributed by atoms with Crippen molar-refractivity contribution in [2.24, 2.45) is 5.92 Å². The third kappa shape index (κ3) is 1.94. The second kappa shape index (κ2) is 3.68. The molecule has 0 spiro atoms. The van der Waals surface area contributed by atoms with Crippen molar-refractivity contribution in [3.05, 3.63) is 52.5 Å². The molecule has 0 aromatic rings. The molecule has 0 amide bonds. The van der Waals surface area contributed by atoms with Crippen molar-refractivity contribution < 1.29 is 17.8 Å². The molecule has 2 aliphatic rings. The lowest BCUT2D eigenvalue weighted by Crippen LogP contribution is -2.12. The molecule has 5 nitrogen and oxygen atoms in total. The van der Waals surface area contributed by atoms with E-state index in [1.54, 1.807) is 24.3 Å². The van der Waals surface area contributed by atoms with E-state index in [9.17, 15) is 8.42 Å². The third-order valence-electron chi connectivity index (χ3n) is 2.37. The highest BCUT2D eigenvalue weighted by Gasteiger charge is 2.22. The maximum Gasteiger partial charge on any atom is 0.315 e. The summed E-state index contributed by atoms with van der Waals surface area (Å²) in [6.45, 7) is 0. The first-order valence-electron chi connectivity index (χ1n) is 4.50. The summed E-state index contributed by atoms with van der Waals surface area (Å²) in [6, 6.07) is 0. The molecular formula is C10H8N2O3S. The van der Waals surface area contributed by atoms with Gasteiger partial charge in [-0.2, -0.15) is 13.2 Å². The Morgan fingerprint density at radius 1 is 1.31 bits per heavy atom. The first-order valence-corrected chi connectivity index (χ1v) is 5.94. The van der Waals surface area contributed by atoms with Crippen LogP contribution < -0.4 is 0 Å². The van der Waals surface area contributed by atoms with Gasteiger partial charge in [0, 0.05) is 18.1 Å². The van der Waals surface area contributed by atoms with E-state index in [0.29, 0.717) is 5.71 Å². The predicted octanol–water partition coefficient (Wildman–Crippen LogP) is 1.11. The van der Waals surface area contributed by atoms with E-state index >= 15 is 0 Å². The van der Waals surface area contributed by atoms with Crippen LogP contribution in [0.3, 0.4) is 0 Å². The van der Waals surface area contributed by atoms with Crippen LogP contribution in [0.1, 0.15) is 0 Å². The molecule has 0 saturated heterocycles. The molecule has 0 aromatic carbocycles.